The Labute approximate surface area is 129 Å². The second-order valence-electron chi connectivity index (χ2n) is 4.90. The van der Waals surface area contributed by atoms with Crippen molar-refractivity contribution < 1.29 is 0 Å². The second kappa shape index (κ2) is 7.47. The van der Waals surface area contributed by atoms with Crippen LogP contribution >= 0.6 is 11.8 Å². The van der Waals surface area contributed by atoms with Gasteiger partial charge in [0.25, 0.3) is 0 Å². The van der Waals surface area contributed by atoms with Gasteiger partial charge in [0.2, 0.25) is 0 Å². The first-order chi connectivity index (χ1) is 10.2. The molecule has 0 bridgehead atoms. The number of nitrogens with zero attached hydrogens (tertiary/aromatic N) is 2. The Kier molecular flexibility index (Phi) is 5.64. The summed E-state index contributed by atoms with van der Waals surface area (Å²) < 4.78 is 1.63. The van der Waals surface area contributed by atoms with Gasteiger partial charge in [-0.25, -0.2) is 9.89 Å². The Bertz CT molecular complexity index is 617. The van der Waals surface area contributed by atoms with Gasteiger partial charge in [-0.1, -0.05) is 19.1 Å². The highest BCUT2D eigenvalue weighted by atomic mass is 32.2. The number of hydrogen-bond donors (Lipinski definition) is 2. The first-order valence-corrected chi connectivity index (χ1v) is 8.13. The molecule has 0 fully saturated rings. The molecule has 5 nitrogen and oxygen atoms in total. The van der Waals surface area contributed by atoms with Crippen molar-refractivity contribution in [1.82, 2.24) is 20.1 Å². The van der Waals surface area contributed by atoms with E-state index in [1.54, 1.807) is 4.57 Å². The van der Waals surface area contributed by atoms with Crippen LogP contribution in [-0.2, 0) is 6.54 Å². The maximum absolute atomic E-state index is 11.5. The minimum absolute atomic E-state index is 0.158. The molecule has 0 saturated heterocycles. The van der Waals surface area contributed by atoms with Gasteiger partial charge in [0, 0.05) is 17.5 Å². The number of hydrogen-bond acceptors (Lipinski definition) is 4. The minimum atomic E-state index is -0.158. The van der Waals surface area contributed by atoms with Gasteiger partial charge in [0.05, 0.1) is 0 Å². The van der Waals surface area contributed by atoms with Crippen LogP contribution in [0.1, 0.15) is 38.8 Å². The third-order valence-electron chi connectivity index (χ3n) is 3.33. The van der Waals surface area contributed by atoms with Crippen LogP contribution in [0, 0.1) is 0 Å². The normalized spacial score (nSPS) is 12.5. The highest BCUT2D eigenvalue weighted by molar-refractivity contribution is 7.99. The molecule has 1 atom stereocenters. The van der Waals surface area contributed by atoms with Crippen LogP contribution in [-0.4, -0.2) is 21.3 Å². The van der Waals surface area contributed by atoms with Crippen LogP contribution in [0.2, 0.25) is 0 Å². The first kappa shape index (κ1) is 15.9. The van der Waals surface area contributed by atoms with Crippen LogP contribution in [0.5, 0.6) is 0 Å². The van der Waals surface area contributed by atoms with Crippen molar-refractivity contribution in [2.75, 3.05) is 6.54 Å². The average molecular weight is 306 g/mol. The highest BCUT2D eigenvalue weighted by Gasteiger charge is 2.09. The smallest absolute Gasteiger partial charge is 0.310 e. The van der Waals surface area contributed by atoms with Gasteiger partial charge in [-0.2, -0.15) is 0 Å². The summed E-state index contributed by atoms with van der Waals surface area (Å²) in [6.07, 6.45) is 1.13. The van der Waals surface area contributed by atoms with Gasteiger partial charge in [-0.3, -0.25) is 4.57 Å². The molecule has 21 heavy (non-hydrogen) atoms. The van der Waals surface area contributed by atoms with Crippen molar-refractivity contribution in [3.63, 3.8) is 0 Å². The Hall–Kier alpha value is -1.53. The van der Waals surface area contributed by atoms with Gasteiger partial charge < -0.3 is 5.32 Å². The van der Waals surface area contributed by atoms with Crippen molar-refractivity contribution in [2.45, 2.75) is 49.8 Å². The molecule has 1 heterocycles. The Morgan fingerprint density at radius 1 is 1.33 bits per heavy atom. The summed E-state index contributed by atoms with van der Waals surface area (Å²) in [5.41, 5.74) is 1.11. The molecule has 0 spiro atoms. The summed E-state index contributed by atoms with van der Waals surface area (Å²) in [6, 6.07) is 8.74. The summed E-state index contributed by atoms with van der Waals surface area (Å²) >= 11 is 1.50. The summed E-state index contributed by atoms with van der Waals surface area (Å²) in [5, 5.41) is 10.7. The zero-order chi connectivity index (χ0) is 15.2. The molecule has 0 saturated carbocycles. The van der Waals surface area contributed by atoms with E-state index in [2.05, 4.69) is 53.6 Å². The van der Waals surface area contributed by atoms with Crippen LogP contribution in [0.4, 0.5) is 0 Å². The van der Waals surface area contributed by atoms with E-state index in [1.165, 1.54) is 17.3 Å². The van der Waals surface area contributed by atoms with E-state index in [0.29, 0.717) is 17.7 Å². The highest BCUT2D eigenvalue weighted by Crippen LogP contribution is 2.26. The van der Waals surface area contributed by atoms with Crippen LogP contribution < -0.4 is 11.0 Å². The molecule has 2 aromatic rings. The number of H-pyrrole nitrogens is 1. The predicted molar refractivity (Wildman–Crippen MR) is 85.8 cm³/mol. The fourth-order valence-corrected chi connectivity index (χ4v) is 2.97. The molecule has 1 aromatic carbocycles. The minimum Gasteiger partial charge on any atom is -0.310 e. The van der Waals surface area contributed by atoms with E-state index < -0.39 is 0 Å². The Balaban J connectivity index is 2.07. The van der Waals surface area contributed by atoms with Crippen molar-refractivity contribution in [2.24, 2.45) is 0 Å². The van der Waals surface area contributed by atoms with Crippen molar-refractivity contribution in [1.29, 1.82) is 0 Å². The number of aromatic nitrogens is 3. The molecule has 1 aromatic heterocycles. The quantitative estimate of drug-likeness (QED) is 0.825. The van der Waals surface area contributed by atoms with Crippen molar-refractivity contribution in [3.8, 4) is 0 Å². The van der Waals surface area contributed by atoms with Crippen LogP contribution in [0.15, 0.2) is 39.1 Å². The number of aromatic amines is 1. The van der Waals surface area contributed by atoms with Crippen molar-refractivity contribution in [3.05, 3.63) is 40.3 Å². The standard InChI is InChI=1S/C15H22N4OS/c1-4-10-16-11(3)12-6-8-13(9-7-12)21-15-18-17-14(20)19(15)5-2/h6-9,11,16H,4-5,10H2,1-3H3,(H,17,20). The second-order valence-corrected chi connectivity index (χ2v) is 5.94. The van der Waals surface area contributed by atoms with Crippen LogP contribution in [0.25, 0.3) is 0 Å². The molecule has 0 amide bonds. The lowest BCUT2D eigenvalue weighted by Gasteiger charge is -2.13. The first-order valence-electron chi connectivity index (χ1n) is 7.32. The van der Waals surface area contributed by atoms with Crippen LogP contribution in [0.3, 0.4) is 0 Å². The lowest BCUT2D eigenvalue weighted by atomic mass is 10.1. The van der Waals surface area contributed by atoms with E-state index in [-0.39, 0.29) is 5.69 Å². The van der Waals surface area contributed by atoms with E-state index in [0.717, 1.165) is 17.9 Å². The van der Waals surface area contributed by atoms with Gasteiger partial charge in [-0.05, 0) is 56.3 Å². The Morgan fingerprint density at radius 3 is 2.67 bits per heavy atom. The SMILES string of the molecule is CCCNC(C)c1ccc(Sc2n[nH]c(=O)n2CC)cc1. The molecule has 0 aliphatic heterocycles. The summed E-state index contributed by atoms with van der Waals surface area (Å²) in [6.45, 7) is 7.91. The molecule has 0 aliphatic carbocycles. The van der Waals surface area contributed by atoms with Gasteiger partial charge in [-0.15, -0.1) is 5.10 Å². The largest absolute Gasteiger partial charge is 0.343 e. The molecule has 2 rings (SSSR count). The molecule has 0 radical (unpaired) electrons. The van der Waals surface area contributed by atoms with Gasteiger partial charge in [0.1, 0.15) is 0 Å². The number of rotatable bonds is 7. The summed E-state index contributed by atoms with van der Waals surface area (Å²) in [4.78, 5) is 12.6. The topological polar surface area (TPSA) is 62.7 Å². The number of benzene rings is 1. The molecule has 0 aliphatic rings. The van der Waals surface area contributed by atoms with Gasteiger partial charge >= 0.3 is 5.69 Å². The number of nitrogens with one attached hydrogen (secondary N) is 2. The Morgan fingerprint density at radius 2 is 2.05 bits per heavy atom. The molecule has 2 N–H and O–H groups in total. The van der Waals surface area contributed by atoms with Crippen molar-refractivity contribution >= 4 is 11.8 Å². The lowest BCUT2D eigenvalue weighted by molar-refractivity contribution is 0.570. The summed E-state index contributed by atoms with van der Waals surface area (Å²) in [5.74, 6) is 0. The molecular weight excluding hydrogens is 284 g/mol. The van der Waals surface area contributed by atoms with E-state index in [9.17, 15) is 4.79 Å². The maximum atomic E-state index is 11.5. The van der Waals surface area contributed by atoms with E-state index in [1.807, 2.05) is 6.92 Å². The zero-order valence-corrected chi connectivity index (χ0v) is 13.5. The zero-order valence-electron chi connectivity index (χ0n) is 12.7. The fraction of sp³-hybridized carbons (Fsp3) is 0.467. The molecule has 6 heteroatoms. The predicted octanol–water partition coefficient (Wildman–Crippen LogP) is 2.80. The molecule has 114 valence electrons. The maximum Gasteiger partial charge on any atom is 0.343 e. The molecule has 1 unspecified atom stereocenters. The van der Waals surface area contributed by atoms with E-state index >= 15 is 0 Å². The monoisotopic (exact) mass is 306 g/mol. The fourth-order valence-electron chi connectivity index (χ4n) is 2.07. The van der Waals surface area contributed by atoms with Gasteiger partial charge in [0.15, 0.2) is 5.16 Å². The average Bonchev–Trinajstić information content (AvgIpc) is 2.85. The lowest BCUT2D eigenvalue weighted by Crippen LogP contribution is -2.19. The molecular formula is C15H22N4OS. The third kappa shape index (κ3) is 3.98. The third-order valence-corrected chi connectivity index (χ3v) is 4.33. The van der Waals surface area contributed by atoms with E-state index in [4.69, 9.17) is 0 Å². The summed E-state index contributed by atoms with van der Waals surface area (Å²) in [7, 11) is 0.